The number of nitriles is 1. The summed E-state index contributed by atoms with van der Waals surface area (Å²) in [5, 5.41) is 9.70. The molecule has 0 radical (unpaired) electrons. The number of anilines is 1. The number of aryl methyl sites for hydroxylation is 1. The Bertz CT molecular complexity index is 870. The zero-order valence-corrected chi connectivity index (χ0v) is 14.3. The van der Waals surface area contributed by atoms with Gasteiger partial charge in [-0.1, -0.05) is 25.8 Å². The fraction of sp³-hybridized carbons (Fsp3) is 0.400. The zero-order valence-electron chi connectivity index (χ0n) is 14.3. The number of hydrogen-bond donors (Lipinski definition) is 1. The Morgan fingerprint density at radius 2 is 2.16 bits per heavy atom. The molecule has 1 aromatic carbocycles. The fourth-order valence-corrected chi connectivity index (χ4v) is 3.99. The van der Waals surface area contributed by atoms with E-state index in [9.17, 15) is 5.26 Å². The topological polar surface area (TPSA) is 81.2 Å². The van der Waals surface area contributed by atoms with E-state index in [1.165, 1.54) is 18.4 Å². The first-order valence-electron chi connectivity index (χ1n) is 8.82. The summed E-state index contributed by atoms with van der Waals surface area (Å²) in [6.07, 6.45) is 5.39. The molecular weight excluding hydrogens is 314 g/mol. The maximum absolute atomic E-state index is 9.70. The number of nitrogens with zero attached hydrogens (tertiary/aromatic N) is 2. The molecule has 2 N–H and O–H groups in total. The van der Waals surface area contributed by atoms with E-state index in [2.05, 4.69) is 18.0 Å². The van der Waals surface area contributed by atoms with Crippen LogP contribution in [-0.2, 0) is 12.8 Å². The Morgan fingerprint density at radius 1 is 1.32 bits per heavy atom. The second-order valence-corrected chi connectivity index (χ2v) is 6.75. The summed E-state index contributed by atoms with van der Waals surface area (Å²) >= 11 is 0. The average molecular weight is 335 g/mol. The molecule has 0 saturated carbocycles. The molecule has 25 heavy (non-hydrogen) atoms. The number of pyridine rings is 1. The van der Waals surface area contributed by atoms with Gasteiger partial charge < -0.3 is 15.2 Å². The molecule has 2 aromatic rings. The molecule has 0 spiro atoms. The Balaban J connectivity index is 1.88. The monoisotopic (exact) mass is 335 g/mol. The second kappa shape index (κ2) is 6.29. The third-order valence-corrected chi connectivity index (χ3v) is 5.16. The van der Waals surface area contributed by atoms with E-state index in [4.69, 9.17) is 15.2 Å². The summed E-state index contributed by atoms with van der Waals surface area (Å²) in [5.41, 5.74) is 10.7. The van der Waals surface area contributed by atoms with Crippen molar-refractivity contribution >= 4 is 5.82 Å². The van der Waals surface area contributed by atoms with Crippen LogP contribution in [-0.4, -0.2) is 11.8 Å². The van der Waals surface area contributed by atoms with Crippen molar-refractivity contribution in [3.8, 4) is 28.7 Å². The third-order valence-electron chi connectivity index (χ3n) is 5.16. The molecule has 2 aliphatic rings. The second-order valence-electron chi connectivity index (χ2n) is 6.75. The molecule has 1 unspecified atom stereocenters. The number of nitrogens with two attached hydrogens (primary N) is 1. The lowest BCUT2D eigenvalue weighted by molar-refractivity contribution is 0.174. The van der Waals surface area contributed by atoms with E-state index >= 15 is 0 Å². The van der Waals surface area contributed by atoms with Gasteiger partial charge in [-0.2, -0.15) is 5.26 Å². The van der Waals surface area contributed by atoms with Crippen LogP contribution in [0.5, 0.6) is 11.5 Å². The lowest BCUT2D eigenvalue weighted by Gasteiger charge is -2.27. The number of nitrogen functional groups attached to an aromatic ring is 1. The predicted octanol–water partition coefficient (Wildman–Crippen LogP) is 3.84. The number of rotatable bonds is 3. The average Bonchev–Trinajstić information content (AvgIpc) is 3.08. The molecule has 0 saturated heterocycles. The van der Waals surface area contributed by atoms with Gasteiger partial charge in [0.25, 0.3) is 0 Å². The van der Waals surface area contributed by atoms with E-state index in [-0.39, 0.29) is 6.79 Å². The first kappa shape index (κ1) is 15.8. The Hall–Kier alpha value is -2.74. The van der Waals surface area contributed by atoms with Crippen LogP contribution in [0.1, 0.15) is 43.0 Å². The van der Waals surface area contributed by atoms with E-state index in [1.807, 2.05) is 18.2 Å². The lowest BCUT2D eigenvalue weighted by atomic mass is 9.79. The molecule has 128 valence electrons. The molecule has 0 amide bonds. The first-order chi connectivity index (χ1) is 12.2. The number of hydrogen-bond acceptors (Lipinski definition) is 5. The predicted molar refractivity (Wildman–Crippen MR) is 95.3 cm³/mol. The van der Waals surface area contributed by atoms with Crippen molar-refractivity contribution in [3.05, 3.63) is 35.0 Å². The Labute approximate surface area is 147 Å². The lowest BCUT2D eigenvalue weighted by Crippen LogP contribution is -2.18. The van der Waals surface area contributed by atoms with E-state index in [0.29, 0.717) is 23.0 Å². The molecule has 0 fully saturated rings. The van der Waals surface area contributed by atoms with Gasteiger partial charge in [0.15, 0.2) is 11.5 Å². The summed E-state index contributed by atoms with van der Waals surface area (Å²) < 4.78 is 10.9. The van der Waals surface area contributed by atoms with Gasteiger partial charge >= 0.3 is 0 Å². The van der Waals surface area contributed by atoms with Crippen molar-refractivity contribution in [2.75, 3.05) is 12.5 Å². The van der Waals surface area contributed by atoms with Gasteiger partial charge in [0.05, 0.1) is 0 Å². The zero-order chi connectivity index (χ0) is 17.4. The number of fused-ring (bicyclic) bond motifs is 2. The highest BCUT2D eigenvalue weighted by Gasteiger charge is 2.27. The smallest absolute Gasteiger partial charge is 0.231 e. The number of aromatic nitrogens is 1. The van der Waals surface area contributed by atoms with E-state index in [1.54, 1.807) is 0 Å². The fourth-order valence-electron chi connectivity index (χ4n) is 3.99. The van der Waals surface area contributed by atoms with Crippen LogP contribution in [0.3, 0.4) is 0 Å². The van der Waals surface area contributed by atoms with Crippen molar-refractivity contribution < 1.29 is 9.47 Å². The Kier molecular flexibility index (Phi) is 3.96. The number of ether oxygens (including phenoxy) is 2. The molecule has 5 heteroatoms. The molecule has 1 aromatic heterocycles. The maximum Gasteiger partial charge on any atom is 0.231 e. The van der Waals surface area contributed by atoms with Crippen molar-refractivity contribution in [1.29, 1.82) is 5.26 Å². The van der Waals surface area contributed by atoms with Crippen LogP contribution in [0.4, 0.5) is 5.82 Å². The summed E-state index contributed by atoms with van der Waals surface area (Å²) in [4.78, 5) is 4.54. The normalized spacial score (nSPS) is 17.8. The van der Waals surface area contributed by atoms with Crippen LogP contribution in [0, 0.1) is 17.2 Å². The van der Waals surface area contributed by atoms with Crippen molar-refractivity contribution in [1.82, 2.24) is 4.98 Å². The summed E-state index contributed by atoms with van der Waals surface area (Å²) in [7, 11) is 0. The van der Waals surface area contributed by atoms with Gasteiger partial charge in [0, 0.05) is 11.3 Å². The molecule has 1 aliphatic carbocycles. The number of benzene rings is 1. The highest BCUT2D eigenvalue weighted by Crippen LogP contribution is 2.42. The maximum atomic E-state index is 9.70. The molecular formula is C20H21N3O2. The summed E-state index contributed by atoms with van der Waals surface area (Å²) in [6.45, 7) is 2.45. The first-order valence-corrected chi connectivity index (χ1v) is 8.82. The van der Waals surface area contributed by atoms with E-state index < -0.39 is 0 Å². The van der Waals surface area contributed by atoms with Crippen molar-refractivity contribution in [3.63, 3.8) is 0 Å². The van der Waals surface area contributed by atoms with Gasteiger partial charge in [-0.25, -0.2) is 4.98 Å². The van der Waals surface area contributed by atoms with Crippen LogP contribution in [0.2, 0.25) is 0 Å². The quantitative estimate of drug-likeness (QED) is 0.921. The van der Waals surface area contributed by atoms with Gasteiger partial charge in [0.1, 0.15) is 17.5 Å². The largest absolute Gasteiger partial charge is 0.454 e. The standard InChI is InChI=1S/C20H21N3O2/c1-2-3-12-4-6-16-14(8-12)19(15(10-21)20(22)23-16)13-5-7-17-18(9-13)25-11-24-17/h5,7,9,12H,2-4,6,8,11H2,1H3,(H2,22,23). The van der Waals surface area contributed by atoms with Crippen LogP contribution in [0.15, 0.2) is 18.2 Å². The van der Waals surface area contributed by atoms with Crippen molar-refractivity contribution in [2.24, 2.45) is 5.92 Å². The van der Waals surface area contributed by atoms with Gasteiger partial charge in [-0.15, -0.1) is 0 Å². The molecule has 1 aliphatic heterocycles. The van der Waals surface area contributed by atoms with Gasteiger partial charge in [-0.05, 0) is 48.4 Å². The third kappa shape index (κ3) is 2.68. The molecule has 2 heterocycles. The molecule has 4 rings (SSSR count). The van der Waals surface area contributed by atoms with Gasteiger partial charge in [0.2, 0.25) is 6.79 Å². The summed E-state index contributed by atoms with van der Waals surface area (Å²) in [6, 6.07) is 8.09. The van der Waals surface area contributed by atoms with E-state index in [0.717, 1.165) is 41.8 Å². The molecule has 0 bridgehead atoms. The molecule has 5 nitrogen and oxygen atoms in total. The highest BCUT2D eigenvalue weighted by molar-refractivity contribution is 5.80. The Morgan fingerprint density at radius 3 is 2.96 bits per heavy atom. The minimum atomic E-state index is 0.235. The van der Waals surface area contributed by atoms with Crippen LogP contribution in [0.25, 0.3) is 11.1 Å². The minimum absolute atomic E-state index is 0.235. The van der Waals surface area contributed by atoms with Gasteiger partial charge in [-0.3, -0.25) is 0 Å². The van der Waals surface area contributed by atoms with Crippen molar-refractivity contribution in [2.45, 2.75) is 39.0 Å². The van der Waals surface area contributed by atoms with Crippen LogP contribution >= 0.6 is 0 Å². The highest BCUT2D eigenvalue weighted by atomic mass is 16.7. The van der Waals surface area contributed by atoms with Crippen LogP contribution < -0.4 is 15.2 Å². The molecule has 1 atom stereocenters. The SMILES string of the molecule is CCCC1CCc2nc(N)c(C#N)c(-c3ccc4c(c3)OCO4)c2C1. The summed E-state index contributed by atoms with van der Waals surface area (Å²) in [5.74, 6) is 2.42. The minimum Gasteiger partial charge on any atom is -0.454 e.